The highest BCUT2D eigenvalue weighted by Gasteiger charge is 2.38. The highest BCUT2D eigenvalue weighted by Crippen LogP contribution is 2.39. The number of ketones is 1. The van der Waals surface area contributed by atoms with Gasteiger partial charge in [0, 0.05) is 28.1 Å². The predicted molar refractivity (Wildman–Crippen MR) is 107 cm³/mol. The molecule has 0 fully saturated rings. The first-order chi connectivity index (χ1) is 13.1. The van der Waals surface area contributed by atoms with E-state index in [0.29, 0.717) is 11.1 Å². The van der Waals surface area contributed by atoms with Gasteiger partial charge in [0.25, 0.3) is 5.91 Å². The summed E-state index contributed by atoms with van der Waals surface area (Å²) >= 11 is 0. The highest BCUT2D eigenvalue weighted by molar-refractivity contribution is 6.11. The topological polar surface area (TPSA) is 49.4 Å². The number of benzene rings is 3. The Kier molecular flexibility index (Phi) is 4.24. The zero-order valence-electron chi connectivity index (χ0n) is 15.3. The van der Waals surface area contributed by atoms with E-state index >= 15 is 0 Å². The van der Waals surface area contributed by atoms with Crippen molar-refractivity contribution in [1.29, 1.82) is 0 Å². The molecule has 1 amide bonds. The smallest absolute Gasteiger partial charge is 0.260 e. The molecule has 4 heteroatoms. The van der Waals surface area contributed by atoms with Crippen LogP contribution >= 0.6 is 0 Å². The zero-order valence-corrected chi connectivity index (χ0v) is 15.3. The zero-order chi connectivity index (χ0) is 19.0. The van der Waals surface area contributed by atoms with Crippen LogP contribution in [0.3, 0.4) is 0 Å². The van der Waals surface area contributed by atoms with Gasteiger partial charge in [-0.15, -0.1) is 0 Å². The second-order valence-electron chi connectivity index (χ2n) is 6.73. The lowest BCUT2D eigenvalue weighted by Gasteiger charge is -2.28. The molecule has 3 aromatic carbocycles. The third-order valence-corrected chi connectivity index (χ3v) is 4.91. The molecule has 1 aliphatic rings. The van der Waals surface area contributed by atoms with Crippen LogP contribution in [0.4, 0.5) is 11.4 Å². The Labute approximate surface area is 158 Å². The van der Waals surface area contributed by atoms with Crippen molar-refractivity contribution in [2.24, 2.45) is 0 Å². The number of aryl methyl sites for hydroxylation is 1. The molecule has 0 saturated carbocycles. The van der Waals surface area contributed by atoms with E-state index in [1.54, 1.807) is 17.9 Å². The first-order valence-corrected chi connectivity index (χ1v) is 8.92. The number of hydrogen-bond acceptors (Lipinski definition) is 3. The summed E-state index contributed by atoms with van der Waals surface area (Å²) in [6, 6.07) is 22.9. The molecule has 4 rings (SSSR count). The Bertz CT molecular complexity index is 1040. The van der Waals surface area contributed by atoms with Crippen molar-refractivity contribution >= 4 is 23.1 Å². The van der Waals surface area contributed by atoms with Crippen molar-refractivity contribution in [3.8, 4) is 0 Å². The summed E-state index contributed by atoms with van der Waals surface area (Å²) in [6.07, 6.45) is -0.336. The van der Waals surface area contributed by atoms with Crippen LogP contribution in [0.25, 0.3) is 0 Å². The molecule has 1 N–H and O–H groups in total. The standard InChI is InChI=1S/C23H20N2O2/c1-15-8-3-6-13-21(15)25-22(19-11-4-5-12-20(19)23(25)27)24-18-10-7-9-17(14-18)16(2)26/h3-14,22,24H,1-2H3/t22-/m0/s1. The molecule has 134 valence electrons. The van der Waals surface area contributed by atoms with Crippen LogP contribution in [0, 0.1) is 6.92 Å². The van der Waals surface area contributed by atoms with Crippen LogP contribution in [0.15, 0.2) is 72.8 Å². The lowest BCUT2D eigenvalue weighted by molar-refractivity contribution is 0.0989. The lowest BCUT2D eigenvalue weighted by Crippen LogP contribution is -2.32. The second kappa shape index (κ2) is 6.72. The van der Waals surface area contributed by atoms with Crippen molar-refractivity contribution in [2.75, 3.05) is 10.2 Å². The van der Waals surface area contributed by atoms with Gasteiger partial charge in [-0.25, -0.2) is 0 Å². The van der Waals surface area contributed by atoms with E-state index in [1.165, 1.54) is 0 Å². The maximum atomic E-state index is 13.2. The number of amides is 1. The van der Waals surface area contributed by atoms with Crippen LogP contribution in [0.1, 0.15) is 44.9 Å². The van der Waals surface area contributed by atoms with Gasteiger partial charge < -0.3 is 5.32 Å². The summed E-state index contributed by atoms with van der Waals surface area (Å²) in [7, 11) is 0. The maximum absolute atomic E-state index is 13.2. The third-order valence-electron chi connectivity index (χ3n) is 4.91. The lowest BCUT2D eigenvalue weighted by atomic mass is 10.1. The van der Waals surface area contributed by atoms with Gasteiger partial charge in [-0.05, 0) is 43.7 Å². The molecule has 1 heterocycles. The Morgan fingerprint density at radius 3 is 2.48 bits per heavy atom. The molecular formula is C23H20N2O2. The summed E-state index contributed by atoms with van der Waals surface area (Å²) in [5, 5.41) is 3.45. The van der Waals surface area contributed by atoms with Gasteiger partial charge in [-0.3, -0.25) is 14.5 Å². The molecule has 1 atom stereocenters. The fourth-order valence-corrected chi connectivity index (χ4v) is 3.53. The minimum absolute atomic E-state index is 0.0114. The minimum Gasteiger partial charge on any atom is -0.361 e. The van der Waals surface area contributed by atoms with Gasteiger partial charge in [-0.2, -0.15) is 0 Å². The number of para-hydroxylation sites is 1. The molecule has 0 spiro atoms. The minimum atomic E-state index is -0.336. The summed E-state index contributed by atoms with van der Waals surface area (Å²) in [5.74, 6) is -0.0163. The Morgan fingerprint density at radius 1 is 0.963 bits per heavy atom. The van der Waals surface area contributed by atoms with Crippen molar-refractivity contribution < 1.29 is 9.59 Å². The van der Waals surface area contributed by atoms with E-state index in [1.807, 2.05) is 73.7 Å². The Hall–Kier alpha value is -3.40. The van der Waals surface area contributed by atoms with Crippen molar-refractivity contribution in [3.05, 3.63) is 95.1 Å². The maximum Gasteiger partial charge on any atom is 0.260 e. The molecule has 0 radical (unpaired) electrons. The molecule has 0 saturated heterocycles. The number of anilines is 2. The molecule has 1 aliphatic heterocycles. The number of hydrogen-bond donors (Lipinski definition) is 1. The number of carbonyl (C=O) groups excluding carboxylic acids is 2. The van der Waals surface area contributed by atoms with Gasteiger partial charge >= 0.3 is 0 Å². The Morgan fingerprint density at radius 2 is 1.70 bits per heavy atom. The number of nitrogens with zero attached hydrogens (tertiary/aromatic N) is 1. The van der Waals surface area contributed by atoms with Gasteiger partial charge in [0.2, 0.25) is 0 Å². The average Bonchev–Trinajstić information content (AvgIpc) is 2.95. The molecule has 4 nitrogen and oxygen atoms in total. The molecule has 0 bridgehead atoms. The van der Waals surface area contributed by atoms with Gasteiger partial charge in [0.05, 0.1) is 0 Å². The van der Waals surface area contributed by atoms with Crippen LogP contribution in [-0.2, 0) is 0 Å². The predicted octanol–water partition coefficient (Wildman–Crippen LogP) is 4.97. The normalized spacial score (nSPS) is 15.6. The van der Waals surface area contributed by atoms with Crippen LogP contribution in [0.5, 0.6) is 0 Å². The third kappa shape index (κ3) is 2.99. The average molecular weight is 356 g/mol. The first kappa shape index (κ1) is 17.0. The van der Waals surface area contributed by atoms with Crippen molar-refractivity contribution in [2.45, 2.75) is 20.0 Å². The quantitative estimate of drug-likeness (QED) is 0.672. The number of fused-ring (bicyclic) bond motifs is 1. The molecule has 0 aromatic heterocycles. The van der Waals surface area contributed by atoms with Gasteiger partial charge in [0.15, 0.2) is 5.78 Å². The number of nitrogens with one attached hydrogen (secondary N) is 1. The molecule has 27 heavy (non-hydrogen) atoms. The number of Topliss-reactive ketones (excluding diaryl/α,β-unsaturated/α-hetero) is 1. The van der Waals surface area contributed by atoms with E-state index in [9.17, 15) is 9.59 Å². The second-order valence-corrected chi connectivity index (χ2v) is 6.73. The number of carbonyl (C=O) groups is 2. The molecule has 0 unspecified atom stereocenters. The van der Waals surface area contributed by atoms with Gasteiger partial charge in [0.1, 0.15) is 6.17 Å². The van der Waals surface area contributed by atoms with Crippen LogP contribution < -0.4 is 10.2 Å². The highest BCUT2D eigenvalue weighted by atomic mass is 16.2. The molecule has 0 aliphatic carbocycles. The van der Waals surface area contributed by atoms with E-state index in [4.69, 9.17) is 0 Å². The fourth-order valence-electron chi connectivity index (χ4n) is 3.53. The van der Waals surface area contributed by atoms with Crippen LogP contribution in [0.2, 0.25) is 0 Å². The van der Waals surface area contributed by atoms with E-state index < -0.39 is 0 Å². The summed E-state index contributed by atoms with van der Waals surface area (Å²) in [6.45, 7) is 3.55. The van der Waals surface area contributed by atoms with Crippen molar-refractivity contribution in [1.82, 2.24) is 0 Å². The number of rotatable bonds is 4. The molecular weight excluding hydrogens is 336 g/mol. The van der Waals surface area contributed by atoms with Gasteiger partial charge in [-0.1, -0.05) is 48.5 Å². The monoisotopic (exact) mass is 356 g/mol. The van der Waals surface area contributed by atoms with Crippen LogP contribution in [-0.4, -0.2) is 11.7 Å². The SMILES string of the molecule is CC(=O)c1cccc(N[C@@H]2c3ccccc3C(=O)N2c2ccccc2C)c1. The van der Waals surface area contributed by atoms with Crippen molar-refractivity contribution in [3.63, 3.8) is 0 Å². The summed E-state index contributed by atoms with van der Waals surface area (Å²) in [4.78, 5) is 26.7. The first-order valence-electron chi connectivity index (χ1n) is 8.92. The summed E-state index contributed by atoms with van der Waals surface area (Å²) in [5.41, 5.74) is 4.97. The Balaban J connectivity index is 1.80. The summed E-state index contributed by atoms with van der Waals surface area (Å²) < 4.78 is 0. The van der Waals surface area contributed by atoms with E-state index in [2.05, 4.69) is 5.32 Å². The largest absolute Gasteiger partial charge is 0.361 e. The van der Waals surface area contributed by atoms with E-state index in [0.717, 1.165) is 22.5 Å². The van der Waals surface area contributed by atoms with E-state index in [-0.39, 0.29) is 17.9 Å². The fraction of sp³-hybridized carbons (Fsp3) is 0.130. The molecule has 3 aromatic rings.